The van der Waals surface area contributed by atoms with Crippen molar-refractivity contribution in [1.29, 1.82) is 0 Å². The number of carbonyl (C=O) groups excluding carboxylic acids is 2. The Hall–Kier alpha value is -1.59. The number of nitrogens with two attached hydrogens (primary N) is 1. The van der Waals surface area contributed by atoms with E-state index in [-0.39, 0.29) is 36.1 Å². The van der Waals surface area contributed by atoms with Gasteiger partial charge in [0, 0.05) is 32.6 Å². The van der Waals surface area contributed by atoms with Gasteiger partial charge in [0.15, 0.2) is 0 Å². The monoisotopic (exact) mass is 367 g/mol. The minimum Gasteiger partial charge on any atom is -0.355 e. The molecular weight excluding hydrogens is 338 g/mol. The van der Waals surface area contributed by atoms with Gasteiger partial charge in [0.25, 0.3) is 0 Å². The van der Waals surface area contributed by atoms with E-state index in [0.29, 0.717) is 26.1 Å². The fourth-order valence-corrected chi connectivity index (χ4v) is 3.32. The summed E-state index contributed by atoms with van der Waals surface area (Å²) in [4.78, 5) is 26.7. The molecule has 1 heterocycles. The Morgan fingerprint density at radius 3 is 2.68 bits per heavy atom. The molecule has 1 aromatic carbocycles. The molecule has 0 spiro atoms. The van der Waals surface area contributed by atoms with Gasteiger partial charge >= 0.3 is 0 Å². The van der Waals surface area contributed by atoms with Crippen LogP contribution in [0.1, 0.15) is 44.1 Å². The first kappa shape index (κ1) is 21.5. The summed E-state index contributed by atoms with van der Waals surface area (Å²) >= 11 is 0. The average molecular weight is 368 g/mol. The van der Waals surface area contributed by atoms with Gasteiger partial charge in [0.2, 0.25) is 11.8 Å². The molecule has 1 saturated heterocycles. The van der Waals surface area contributed by atoms with E-state index in [1.54, 1.807) is 0 Å². The van der Waals surface area contributed by atoms with Gasteiger partial charge in [-0.2, -0.15) is 0 Å². The maximum absolute atomic E-state index is 12.7. The Bertz CT molecular complexity index is 539. The molecule has 0 radical (unpaired) electrons. The SMILES string of the molecule is CCC(CC(=O)N1CCCC(C(=O)NCCN)C1)c1ccccc1.Cl. The number of rotatable bonds is 7. The molecule has 3 N–H and O–H groups in total. The van der Waals surface area contributed by atoms with Gasteiger partial charge in [0.05, 0.1) is 5.92 Å². The van der Waals surface area contributed by atoms with Crippen LogP contribution < -0.4 is 11.1 Å². The first-order valence-electron chi connectivity index (χ1n) is 8.96. The van der Waals surface area contributed by atoms with E-state index in [0.717, 1.165) is 25.8 Å². The lowest BCUT2D eigenvalue weighted by Gasteiger charge is -2.33. The standard InChI is InChI=1S/C19H29N3O2.ClH/c1-2-15(16-7-4-3-5-8-16)13-18(23)22-12-6-9-17(14-22)19(24)21-11-10-20;/h3-5,7-8,15,17H,2,6,9-14,20H2,1H3,(H,21,24);1H. The highest BCUT2D eigenvalue weighted by atomic mass is 35.5. The molecule has 6 heteroatoms. The average Bonchev–Trinajstić information content (AvgIpc) is 2.64. The predicted molar refractivity (Wildman–Crippen MR) is 103 cm³/mol. The van der Waals surface area contributed by atoms with Crippen molar-refractivity contribution in [2.75, 3.05) is 26.2 Å². The van der Waals surface area contributed by atoms with Crippen molar-refractivity contribution in [3.05, 3.63) is 35.9 Å². The highest BCUT2D eigenvalue weighted by Gasteiger charge is 2.29. The molecule has 1 aliphatic rings. The molecule has 0 aliphatic carbocycles. The molecule has 1 fully saturated rings. The van der Waals surface area contributed by atoms with E-state index in [4.69, 9.17) is 5.73 Å². The lowest BCUT2D eigenvalue weighted by atomic mass is 9.91. The van der Waals surface area contributed by atoms with Crippen molar-refractivity contribution >= 4 is 24.2 Å². The molecule has 2 amide bonds. The highest BCUT2D eigenvalue weighted by Crippen LogP contribution is 2.25. The van der Waals surface area contributed by atoms with E-state index in [9.17, 15) is 9.59 Å². The molecule has 0 bridgehead atoms. The Morgan fingerprint density at radius 1 is 1.32 bits per heavy atom. The summed E-state index contributed by atoms with van der Waals surface area (Å²) in [6, 6.07) is 10.2. The zero-order valence-corrected chi connectivity index (χ0v) is 15.8. The first-order chi connectivity index (χ1) is 11.7. The fraction of sp³-hybridized carbons (Fsp3) is 0.579. The molecule has 2 unspecified atom stereocenters. The van der Waals surface area contributed by atoms with Crippen molar-refractivity contribution < 1.29 is 9.59 Å². The maximum atomic E-state index is 12.7. The smallest absolute Gasteiger partial charge is 0.224 e. The van der Waals surface area contributed by atoms with Crippen LogP contribution in [0.3, 0.4) is 0 Å². The summed E-state index contributed by atoms with van der Waals surface area (Å²) in [5.74, 6) is 0.311. The number of hydrogen-bond acceptors (Lipinski definition) is 3. The molecule has 2 atom stereocenters. The van der Waals surface area contributed by atoms with Crippen LogP contribution in [-0.2, 0) is 9.59 Å². The zero-order chi connectivity index (χ0) is 17.4. The van der Waals surface area contributed by atoms with E-state index in [2.05, 4.69) is 24.4 Å². The molecule has 25 heavy (non-hydrogen) atoms. The second kappa shape index (κ2) is 11.1. The molecular formula is C19H30ClN3O2. The maximum Gasteiger partial charge on any atom is 0.224 e. The number of likely N-dealkylation sites (tertiary alicyclic amines) is 1. The molecule has 5 nitrogen and oxygen atoms in total. The normalized spacial score (nSPS) is 18.2. The number of benzene rings is 1. The van der Waals surface area contributed by atoms with Crippen LogP contribution in [0.4, 0.5) is 0 Å². The Balaban J connectivity index is 0.00000312. The highest BCUT2D eigenvalue weighted by molar-refractivity contribution is 5.85. The van der Waals surface area contributed by atoms with E-state index in [1.807, 2.05) is 23.1 Å². The third kappa shape index (κ3) is 6.33. The quantitative estimate of drug-likeness (QED) is 0.776. The van der Waals surface area contributed by atoms with Crippen LogP contribution in [0.15, 0.2) is 30.3 Å². The Labute approximate surface area is 156 Å². The van der Waals surface area contributed by atoms with E-state index >= 15 is 0 Å². The van der Waals surface area contributed by atoms with E-state index < -0.39 is 0 Å². The summed E-state index contributed by atoms with van der Waals surface area (Å²) in [6.45, 7) is 4.33. The van der Waals surface area contributed by atoms with Crippen LogP contribution in [0.5, 0.6) is 0 Å². The second-order valence-corrected chi connectivity index (χ2v) is 6.48. The lowest BCUT2D eigenvalue weighted by Crippen LogP contribution is -2.46. The van der Waals surface area contributed by atoms with Crippen LogP contribution >= 0.6 is 12.4 Å². The molecule has 140 valence electrons. The number of amides is 2. The third-order valence-corrected chi connectivity index (χ3v) is 4.77. The summed E-state index contributed by atoms with van der Waals surface area (Å²) in [7, 11) is 0. The van der Waals surface area contributed by atoms with Crippen LogP contribution in [0.25, 0.3) is 0 Å². The second-order valence-electron chi connectivity index (χ2n) is 6.48. The number of hydrogen-bond donors (Lipinski definition) is 2. The van der Waals surface area contributed by atoms with Gasteiger partial charge in [-0.3, -0.25) is 9.59 Å². The summed E-state index contributed by atoms with van der Waals surface area (Å²) in [5.41, 5.74) is 6.64. The number of piperidine rings is 1. The summed E-state index contributed by atoms with van der Waals surface area (Å²) in [6.07, 6.45) is 3.17. The number of halogens is 1. The molecule has 1 aromatic rings. The van der Waals surface area contributed by atoms with Gasteiger partial charge in [-0.15, -0.1) is 12.4 Å². The zero-order valence-electron chi connectivity index (χ0n) is 14.9. The molecule has 0 saturated carbocycles. The summed E-state index contributed by atoms with van der Waals surface area (Å²) < 4.78 is 0. The predicted octanol–water partition coefficient (Wildman–Crippen LogP) is 2.31. The van der Waals surface area contributed by atoms with Crippen molar-refractivity contribution in [2.24, 2.45) is 11.7 Å². The Kier molecular flexibility index (Phi) is 9.53. The van der Waals surface area contributed by atoms with Gasteiger partial charge < -0.3 is 16.0 Å². The van der Waals surface area contributed by atoms with E-state index in [1.165, 1.54) is 5.56 Å². The van der Waals surface area contributed by atoms with Gasteiger partial charge in [-0.25, -0.2) is 0 Å². The van der Waals surface area contributed by atoms with Crippen molar-refractivity contribution in [2.45, 2.75) is 38.5 Å². The number of carbonyl (C=O) groups is 2. The minimum atomic E-state index is -0.106. The van der Waals surface area contributed by atoms with Crippen LogP contribution in [0.2, 0.25) is 0 Å². The summed E-state index contributed by atoms with van der Waals surface area (Å²) in [5, 5.41) is 2.84. The molecule has 2 rings (SSSR count). The largest absolute Gasteiger partial charge is 0.355 e. The number of nitrogens with one attached hydrogen (secondary N) is 1. The van der Waals surface area contributed by atoms with Crippen LogP contribution in [-0.4, -0.2) is 42.9 Å². The molecule has 1 aliphatic heterocycles. The van der Waals surface area contributed by atoms with Crippen molar-refractivity contribution in [3.63, 3.8) is 0 Å². The number of nitrogens with zero attached hydrogens (tertiary/aromatic N) is 1. The topological polar surface area (TPSA) is 75.4 Å². The Morgan fingerprint density at radius 2 is 2.04 bits per heavy atom. The fourth-order valence-electron chi connectivity index (χ4n) is 3.32. The van der Waals surface area contributed by atoms with Gasteiger partial charge in [0.1, 0.15) is 0 Å². The minimum absolute atomic E-state index is 0. The molecule has 0 aromatic heterocycles. The van der Waals surface area contributed by atoms with Crippen molar-refractivity contribution in [1.82, 2.24) is 10.2 Å². The lowest BCUT2D eigenvalue weighted by molar-refractivity contribution is -0.136. The first-order valence-corrected chi connectivity index (χ1v) is 8.96. The van der Waals surface area contributed by atoms with Gasteiger partial charge in [-0.05, 0) is 30.7 Å². The van der Waals surface area contributed by atoms with Crippen molar-refractivity contribution in [3.8, 4) is 0 Å². The third-order valence-electron chi connectivity index (χ3n) is 4.77. The van der Waals surface area contributed by atoms with Gasteiger partial charge in [-0.1, -0.05) is 37.3 Å². The van der Waals surface area contributed by atoms with Crippen LogP contribution in [0, 0.1) is 5.92 Å².